The van der Waals surface area contributed by atoms with Crippen LogP contribution in [0.5, 0.6) is 5.75 Å². The third kappa shape index (κ3) is 1.53. The van der Waals surface area contributed by atoms with Crippen molar-refractivity contribution in [2.45, 2.75) is 43.2 Å². The van der Waals surface area contributed by atoms with Gasteiger partial charge in [-0.1, -0.05) is 11.6 Å². The van der Waals surface area contributed by atoms with Crippen molar-refractivity contribution in [2.75, 3.05) is 26.1 Å². The summed E-state index contributed by atoms with van der Waals surface area (Å²) in [5.74, 6) is 0.00781. The molecule has 6 atom stereocenters. The lowest BCUT2D eigenvalue weighted by molar-refractivity contribution is -0.182. The summed E-state index contributed by atoms with van der Waals surface area (Å²) in [6.07, 6.45) is 4.02. The molecule has 1 aromatic rings. The van der Waals surface area contributed by atoms with Crippen LogP contribution in [0.3, 0.4) is 0 Å². The predicted octanol–water partition coefficient (Wildman–Crippen LogP) is 1.82. The number of rotatable bonds is 3. The second-order valence-electron chi connectivity index (χ2n) is 8.77. The SMILES string of the molecule is C/C=C1/CN2[C@@H]3C[C@@]45c6cc(OC)ccc6N[C@]4(O3)[C@@H]2C[C@@H]1C5(C=O)C(=O)OC. The van der Waals surface area contributed by atoms with Crippen LogP contribution in [0.2, 0.25) is 0 Å². The van der Waals surface area contributed by atoms with Gasteiger partial charge in [-0.15, -0.1) is 0 Å². The minimum Gasteiger partial charge on any atom is -0.497 e. The molecule has 3 saturated heterocycles. The average molecular weight is 396 g/mol. The van der Waals surface area contributed by atoms with E-state index in [4.69, 9.17) is 14.2 Å². The highest BCUT2D eigenvalue weighted by Crippen LogP contribution is 2.75. The van der Waals surface area contributed by atoms with E-state index in [-0.39, 0.29) is 18.2 Å². The van der Waals surface area contributed by atoms with E-state index in [9.17, 15) is 9.59 Å². The molecule has 29 heavy (non-hydrogen) atoms. The van der Waals surface area contributed by atoms with Gasteiger partial charge in [-0.2, -0.15) is 0 Å². The maximum absolute atomic E-state index is 13.5. The van der Waals surface area contributed by atoms with Crippen molar-refractivity contribution in [3.8, 4) is 5.75 Å². The van der Waals surface area contributed by atoms with Gasteiger partial charge in [0, 0.05) is 24.6 Å². The van der Waals surface area contributed by atoms with Crippen LogP contribution in [0.25, 0.3) is 0 Å². The van der Waals surface area contributed by atoms with E-state index in [0.717, 1.165) is 23.1 Å². The van der Waals surface area contributed by atoms with Gasteiger partial charge in [0.2, 0.25) is 0 Å². The Morgan fingerprint density at radius 1 is 1.38 bits per heavy atom. The third-order valence-corrected chi connectivity index (χ3v) is 8.29. The zero-order valence-electron chi connectivity index (χ0n) is 16.7. The Kier molecular flexibility index (Phi) is 3.14. The van der Waals surface area contributed by atoms with Crippen molar-refractivity contribution in [1.29, 1.82) is 0 Å². The van der Waals surface area contributed by atoms with Gasteiger partial charge in [0.05, 0.1) is 25.7 Å². The monoisotopic (exact) mass is 396 g/mol. The van der Waals surface area contributed by atoms with Gasteiger partial charge >= 0.3 is 5.97 Å². The molecule has 1 N–H and O–H groups in total. The fourth-order valence-corrected chi connectivity index (χ4v) is 7.29. The number of hydrogen-bond donors (Lipinski definition) is 1. The van der Waals surface area contributed by atoms with Crippen molar-refractivity contribution in [2.24, 2.45) is 11.3 Å². The Bertz CT molecular complexity index is 991. The molecular formula is C22H24N2O5. The van der Waals surface area contributed by atoms with Crippen molar-refractivity contribution in [3.63, 3.8) is 0 Å². The second kappa shape index (κ2) is 5.21. The van der Waals surface area contributed by atoms with Crippen LogP contribution in [0.1, 0.15) is 25.3 Å². The molecule has 1 saturated carbocycles. The van der Waals surface area contributed by atoms with Crippen molar-refractivity contribution >= 4 is 17.9 Å². The van der Waals surface area contributed by atoms with Crippen molar-refractivity contribution in [1.82, 2.24) is 4.90 Å². The fraction of sp³-hybridized carbons (Fsp3) is 0.545. The minimum atomic E-state index is -1.36. The Balaban J connectivity index is 1.73. The lowest BCUT2D eigenvalue weighted by atomic mass is 9.42. The zero-order chi connectivity index (χ0) is 20.2. The number of nitrogens with zero attached hydrogens (tertiary/aromatic N) is 1. The predicted molar refractivity (Wildman–Crippen MR) is 103 cm³/mol. The number of ether oxygens (including phenoxy) is 3. The molecular weight excluding hydrogens is 372 g/mol. The van der Waals surface area contributed by atoms with Gasteiger partial charge in [-0.25, -0.2) is 0 Å². The van der Waals surface area contributed by atoms with Crippen molar-refractivity contribution < 1.29 is 23.8 Å². The van der Waals surface area contributed by atoms with E-state index >= 15 is 0 Å². The van der Waals surface area contributed by atoms with Crippen LogP contribution in [-0.4, -0.2) is 55.9 Å². The van der Waals surface area contributed by atoms with Crippen LogP contribution in [0.15, 0.2) is 29.8 Å². The summed E-state index contributed by atoms with van der Waals surface area (Å²) in [6.45, 7) is 2.69. The topological polar surface area (TPSA) is 77.1 Å². The Morgan fingerprint density at radius 2 is 2.21 bits per heavy atom. The smallest absolute Gasteiger partial charge is 0.320 e. The number of esters is 1. The van der Waals surface area contributed by atoms with Crippen LogP contribution < -0.4 is 10.1 Å². The number of nitrogens with one attached hydrogen (secondary N) is 1. The molecule has 4 heterocycles. The summed E-state index contributed by atoms with van der Waals surface area (Å²) < 4.78 is 17.5. The molecule has 4 fully saturated rings. The summed E-state index contributed by atoms with van der Waals surface area (Å²) in [6, 6.07) is 5.90. The highest BCUT2D eigenvalue weighted by molar-refractivity contribution is 5.99. The molecule has 5 aliphatic rings. The molecule has 0 aromatic heterocycles. The maximum Gasteiger partial charge on any atom is 0.320 e. The van der Waals surface area contributed by atoms with Gasteiger partial charge in [0.1, 0.15) is 23.7 Å². The van der Waals surface area contributed by atoms with E-state index in [1.165, 1.54) is 7.11 Å². The van der Waals surface area contributed by atoms with Crippen LogP contribution in [0.4, 0.5) is 5.69 Å². The number of fused-ring (bicyclic) bond motifs is 4. The Morgan fingerprint density at radius 3 is 2.90 bits per heavy atom. The molecule has 4 bridgehead atoms. The zero-order valence-corrected chi connectivity index (χ0v) is 16.7. The first-order valence-corrected chi connectivity index (χ1v) is 10.1. The second-order valence-corrected chi connectivity index (χ2v) is 8.77. The number of carbonyl (C=O) groups is 2. The number of allylic oxidation sites excluding steroid dienone is 1. The number of benzene rings is 1. The first-order valence-electron chi connectivity index (χ1n) is 10.1. The molecule has 0 amide bonds. The standard InChI is InChI=1S/C22H24N2O5/c1-4-12-10-24-17-8-14(12)20(11-25,19(26)28-3)21-9-18(24)29-22(17,21)23-16-6-5-13(27-2)7-15(16)21/h4-7,11,14,17-18,23H,8-10H2,1-3H3/b12-4-/t14-,17-,18-,20?,21-,22-/m0/s1. The number of hydrogen-bond acceptors (Lipinski definition) is 7. The quantitative estimate of drug-likeness (QED) is 0.361. The summed E-state index contributed by atoms with van der Waals surface area (Å²) in [4.78, 5) is 29.0. The van der Waals surface area contributed by atoms with Crippen LogP contribution >= 0.6 is 0 Å². The number of anilines is 1. The fourth-order valence-electron chi connectivity index (χ4n) is 7.29. The molecule has 1 aliphatic carbocycles. The number of aldehydes is 1. The molecule has 1 spiro atoms. The summed E-state index contributed by atoms with van der Waals surface area (Å²) in [5, 5.41) is 3.63. The number of methoxy groups -OCH3 is 2. The van der Waals surface area contributed by atoms with Crippen LogP contribution in [-0.2, 0) is 24.5 Å². The average Bonchev–Trinajstić information content (AvgIpc) is 3.35. The highest BCUT2D eigenvalue weighted by atomic mass is 16.6. The van der Waals surface area contributed by atoms with Crippen LogP contribution in [0, 0.1) is 11.3 Å². The highest BCUT2D eigenvalue weighted by Gasteiger charge is 2.87. The van der Waals surface area contributed by atoms with Gasteiger partial charge in [-0.3, -0.25) is 9.69 Å². The molecule has 7 nitrogen and oxygen atoms in total. The molecule has 7 heteroatoms. The van der Waals surface area contributed by atoms with Gasteiger partial charge in [-0.05, 0) is 37.1 Å². The Labute approximate surface area is 169 Å². The molecule has 1 unspecified atom stereocenters. The summed E-state index contributed by atoms with van der Waals surface area (Å²) >= 11 is 0. The van der Waals surface area contributed by atoms with Gasteiger partial charge < -0.3 is 24.3 Å². The first kappa shape index (κ1) is 17.5. The third-order valence-electron chi connectivity index (χ3n) is 8.29. The molecule has 1 aromatic carbocycles. The normalized spacial score (nSPS) is 44.4. The maximum atomic E-state index is 13.5. The van der Waals surface area contributed by atoms with E-state index in [2.05, 4.69) is 16.3 Å². The van der Waals surface area contributed by atoms with E-state index in [1.54, 1.807) is 7.11 Å². The lowest BCUT2D eigenvalue weighted by Crippen LogP contribution is -2.78. The molecule has 152 valence electrons. The Hall–Kier alpha value is -2.38. The van der Waals surface area contributed by atoms with Gasteiger partial charge in [0.15, 0.2) is 5.72 Å². The minimum absolute atomic E-state index is 0.0890. The lowest BCUT2D eigenvalue weighted by Gasteiger charge is -2.63. The first-order chi connectivity index (χ1) is 14.0. The summed E-state index contributed by atoms with van der Waals surface area (Å²) in [7, 11) is 2.99. The van der Waals surface area contributed by atoms with E-state index < -0.39 is 22.5 Å². The largest absolute Gasteiger partial charge is 0.497 e. The molecule has 6 rings (SSSR count). The number of carbonyl (C=O) groups excluding carboxylic acids is 2. The van der Waals surface area contributed by atoms with E-state index in [0.29, 0.717) is 25.1 Å². The van der Waals surface area contributed by atoms with Gasteiger partial charge in [0.25, 0.3) is 0 Å². The number of piperidine rings is 2. The van der Waals surface area contributed by atoms with E-state index in [1.807, 2.05) is 25.1 Å². The molecule has 4 aliphatic heterocycles. The summed E-state index contributed by atoms with van der Waals surface area (Å²) in [5.41, 5.74) is -0.0941. The molecule has 0 radical (unpaired) electrons. The van der Waals surface area contributed by atoms with Crippen molar-refractivity contribution in [3.05, 3.63) is 35.4 Å².